The lowest BCUT2D eigenvalue weighted by Gasteiger charge is -2.38. The zero-order valence-corrected chi connectivity index (χ0v) is 17.9. The lowest BCUT2D eigenvalue weighted by Crippen LogP contribution is -2.44. The van der Waals surface area contributed by atoms with Crippen LogP contribution in [0.25, 0.3) is 0 Å². The SMILES string of the molecule is N#CCC1CNCN1C(=O)C1C[N@@]1C(c1ccccc1)(c1ccccc1)c1ccccc1. The van der Waals surface area contributed by atoms with E-state index < -0.39 is 5.54 Å². The summed E-state index contributed by atoms with van der Waals surface area (Å²) in [6.07, 6.45) is 0.354. The smallest absolute Gasteiger partial charge is 0.242 e. The van der Waals surface area contributed by atoms with E-state index in [-0.39, 0.29) is 18.0 Å². The zero-order chi connectivity index (χ0) is 22.0. The van der Waals surface area contributed by atoms with Crippen molar-refractivity contribution in [1.29, 1.82) is 5.26 Å². The molecular weight excluding hydrogens is 396 g/mol. The van der Waals surface area contributed by atoms with Crippen molar-refractivity contribution in [1.82, 2.24) is 15.1 Å². The first kappa shape index (κ1) is 20.4. The predicted molar refractivity (Wildman–Crippen MR) is 123 cm³/mol. The Morgan fingerprint density at radius 1 is 0.906 bits per heavy atom. The summed E-state index contributed by atoms with van der Waals surface area (Å²) in [5.74, 6) is 0.0995. The van der Waals surface area contributed by atoms with Crippen molar-refractivity contribution in [3.05, 3.63) is 108 Å². The predicted octanol–water partition coefficient (Wildman–Crippen LogP) is 3.33. The summed E-state index contributed by atoms with van der Waals surface area (Å²) in [4.78, 5) is 17.7. The van der Waals surface area contributed by atoms with Gasteiger partial charge in [0.05, 0.1) is 30.7 Å². The molecule has 1 N–H and O–H groups in total. The highest BCUT2D eigenvalue weighted by atomic mass is 16.2. The molecule has 5 rings (SSSR count). The molecule has 160 valence electrons. The Morgan fingerprint density at radius 2 is 1.41 bits per heavy atom. The maximum absolute atomic E-state index is 13.6. The molecule has 5 heteroatoms. The van der Waals surface area contributed by atoms with Gasteiger partial charge in [0, 0.05) is 13.1 Å². The topological polar surface area (TPSA) is 59.1 Å². The highest BCUT2D eigenvalue weighted by Gasteiger charge is 2.57. The molecule has 3 aromatic carbocycles. The molecule has 2 unspecified atom stereocenters. The van der Waals surface area contributed by atoms with Crippen LogP contribution in [0.5, 0.6) is 0 Å². The van der Waals surface area contributed by atoms with Crippen molar-refractivity contribution in [2.75, 3.05) is 19.8 Å². The summed E-state index contributed by atoms with van der Waals surface area (Å²) in [5.41, 5.74) is 2.85. The Kier molecular flexibility index (Phi) is 5.48. The summed E-state index contributed by atoms with van der Waals surface area (Å²) >= 11 is 0. The minimum absolute atomic E-state index is 0.0606. The fraction of sp³-hybridized carbons (Fsp3) is 0.259. The molecule has 0 spiro atoms. The van der Waals surface area contributed by atoms with Gasteiger partial charge in [-0.05, 0) is 16.7 Å². The second-order valence-corrected chi connectivity index (χ2v) is 8.41. The van der Waals surface area contributed by atoms with Crippen LogP contribution in [0.2, 0.25) is 0 Å². The van der Waals surface area contributed by atoms with Gasteiger partial charge < -0.3 is 4.90 Å². The molecule has 2 heterocycles. The van der Waals surface area contributed by atoms with Gasteiger partial charge in [0.1, 0.15) is 6.04 Å². The van der Waals surface area contributed by atoms with Crippen LogP contribution in [0, 0.1) is 11.3 Å². The van der Waals surface area contributed by atoms with Crippen LogP contribution < -0.4 is 5.32 Å². The molecule has 3 aromatic rings. The van der Waals surface area contributed by atoms with E-state index in [0.29, 0.717) is 26.2 Å². The highest BCUT2D eigenvalue weighted by molar-refractivity contribution is 5.86. The van der Waals surface area contributed by atoms with Gasteiger partial charge in [-0.15, -0.1) is 0 Å². The average molecular weight is 423 g/mol. The first-order valence-corrected chi connectivity index (χ1v) is 11.1. The molecule has 0 radical (unpaired) electrons. The number of nitrogens with zero attached hydrogens (tertiary/aromatic N) is 3. The van der Waals surface area contributed by atoms with Crippen molar-refractivity contribution < 1.29 is 4.79 Å². The van der Waals surface area contributed by atoms with Crippen molar-refractivity contribution in [2.45, 2.75) is 24.0 Å². The second kappa shape index (κ2) is 8.58. The summed E-state index contributed by atoms with van der Waals surface area (Å²) in [6.45, 7) is 1.85. The van der Waals surface area contributed by atoms with Crippen LogP contribution in [-0.2, 0) is 10.3 Å². The van der Waals surface area contributed by atoms with Gasteiger partial charge in [0.15, 0.2) is 0 Å². The molecule has 1 amide bonds. The van der Waals surface area contributed by atoms with Gasteiger partial charge >= 0.3 is 0 Å². The van der Waals surface area contributed by atoms with E-state index in [0.717, 1.165) is 16.7 Å². The third-order valence-electron chi connectivity index (χ3n) is 6.62. The van der Waals surface area contributed by atoms with Crippen molar-refractivity contribution in [3.8, 4) is 6.07 Å². The molecule has 0 aliphatic carbocycles. The fourth-order valence-corrected chi connectivity index (χ4v) is 5.08. The van der Waals surface area contributed by atoms with Crippen molar-refractivity contribution >= 4 is 5.91 Å². The number of carbonyl (C=O) groups is 1. The number of hydrogen-bond donors (Lipinski definition) is 1. The summed E-state index contributed by atoms with van der Waals surface area (Å²) < 4.78 is 0. The van der Waals surface area contributed by atoms with Crippen LogP contribution in [-0.4, -0.2) is 47.5 Å². The van der Waals surface area contributed by atoms with Gasteiger partial charge in [-0.2, -0.15) is 5.26 Å². The number of benzene rings is 3. The van der Waals surface area contributed by atoms with Gasteiger partial charge in [0.2, 0.25) is 5.91 Å². The maximum atomic E-state index is 13.6. The monoisotopic (exact) mass is 422 g/mol. The van der Waals surface area contributed by atoms with Gasteiger partial charge in [0.25, 0.3) is 0 Å². The molecule has 2 fully saturated rings. The maximum Gasteiger partial charge on any atom is 0.242 e. The Labute approximate surface area is 188 Å². The van der Waals surface area contributed by atoms with Crippen molar-refractivity contribution in [3.63, 3.8) is 0 Å². The molecule has 3 atom stereocenters. The second-order valence-electron chi connectivity index (χ2n) is 8.41. The lowest BCUT2D eigenvalue weighted by atomic mass is 9.76. The quantitative estimate of drug-likeness (QED) is 0.489. The minimum Gasteiger partial charge on any atom is -0.323 e. The third kappa shape index (κ3) is 3.38. The van der Waals surface area contributed by atoms with E-state index >= 15 is 0 Å². The van der Waals surface area contributed by atoms with E-state index in [4.69, 9.17) is 0 Å². The molecule has 0 saturated carbocycles. The molecule has 32 heavy (non-hydrogen) atoms. The van der Waals surface area contributed by atoms with Crippen LogP contribution in [0.4, 0.5) is 0 Å². The number of rotatable bonds is 6. The fourth-order valence-electron chi connectivity index (χ4n) is 5.08. The molecule has 5 nitrogen and oxygen atoms in total. The van der Waals surface area contributed by atoms with Gasteiger partial charge in [-0.3, -0.25) is 15.0 Å². The first-order chi connectivity index (χ1) is 15.8. The van der Waals surface area contributed by atoms with Gasteiger partial charge in [-0.25, -0.2) is 0 Å². The van der Waals surface area contributed by atoms with Crippen LogP contribution in [0.1, 0.15) is 23.1 Å². The standard InChI is InChI=1S/C27H26N4O/c28-17-16-24-18-29-20-30(24)26(32)25-19-31(25)27(21-10-4-1-5-11-21,22-12-6-2-7-13-22)23-14-8-3-9-15-23/h1-15,24-25,29H,16,18-20H2/t24?,25?,31-/m1/s1. The van der Waals surface area contributed by atoms with Crippen LogP contribution in [0.15, 0.2) is 91.0 Å². The molecule has 2 aliphatic rings. The Bertz CT molecular complexity index is 1010. The van der Waals surface area contributed by atoms with E-state index in [9.17, 15) is 10.1 Å². The third-order valence-corrected chi connectivity index (χ3v) is 6.62. The van der Waals surface area contributed by atoms with Gasteiger partial charge in [-0.1, -0.05) is 91.0 Å². The molecule has 0 aromatic heterocycles. The summed E-state index contributed by atoms with van der Waals surface area (Å²) in [7, 11) is 0. The number of nitriles is 1. The summed E-state index contributed by atoms with van der Waals surface area (Å²) in [6, 6.07) is 33.3. The van der Waals surface area contributed by atoms with E-state index in [1.54, 1.807) is 0 Å². The average Bonchev–Trinajstić information content (AvgIpc) is 3.51. The molecular formula is C27H26N4O. The minimum atomic E-state index is -0.567. The number of carbonyl (C=O) groups excluding carboxylic acids is 1. The van der Waals surface area contributed by atoms with E-state index in [2.05, 4.69) is 89.1 Å². The molecule has 2 saturated heterocycles. The number of amides is 1. The number of hydrogen-bond acceptors (Lipinski definition) is 4. The lowest BCUT2D eigenvalue weighted by molar-refractivity contribution is -0.132. The zero-order valence-electron chi connectivity index (χ0n) is 17.9. The summed E-state index contributed by atoms with van der Waals surface area (Å²) in [5, 5.41) is 12.4. The van der Waals surface area contributed by atoms with E-state index in [1.807, 2.05) is 23.1 Å². The normalized spacial score (nSPS) is 22.3. The Hall–Kier alpha value is -3.46. The molecule has 0 bridgehead atoms. The Morgan fingerprint density at radius 3 is 1.88 bits per heavy atom. The largest absolute Gasteiger partial charge is 0.323 e. The van der Waals surface area contributed by atoms with Crippen molar-refractivity contribution in [2.24, 2.45) is 0 Å². The highest BCUT2D eigenvalue weighted by Crippen LogP contribution is 2.48. The first-order valence-electron chi connectivity index (χ1n) is 11.1. The molecule has 2 aliphatic heterocycles. The van der Waals surface area contributed by atoms with Crippen LogP contribution >= 0.6 is 0 Å². The number of nitrogens with one attached hydrogen (secondary N) is 1. The van der Waals surface area contributed by atoms with E-state index in [1.165, 1.54) is 0 Å². The Balaban J connectivity index is 1.61. The van der Waals surface area contributed by atoms with Crippen LogP contribution in [0.3, 0.4) is 0 Å².